The van der Waals surface area contributed by atoms with Gasteiger partial charge in [-0.15, -0.1) is 0 Å². The van der Waals surface area contributed by atoms with Gasteiger partial charge in [-0.05, 0) is 58.4 Å². The Balaban J connectivity index is 2.06. The molecule has 0 heterocycles. The Bertz CT molecular complexity index is 1410. The molecule has 0 aliphatic heterocycles. The van der Waals surface area contributed by atoms with Gasteiger partial charge >= 0.3 is 24.2 Å². The molecule has 0 bridgehead atoms. The van der Waals surface area contributed by atoms with E-state index in [-0.39, 0.29) is 22.9 Å². The molecule has 0 aliphatic rings. The molecule has 0 aromatic heterocycles. The number of rotatable bonds is 5. The van der Waals surface area contributed by atoms with Crippen LogP contribution in [0.3, 0.4) is 0 Å². The van der Waals surface area contributed by atoms with Crippen molar-refractivity contribution < 1.29 is 53.5 Å². The molecule has 3 rings (SSSR count). The molecule has 2 amide bonds. The Kier molecular flexibility index (Phi) is 8.31. The number of benzene rings is 3. The number of carbonyl (C=O) groups excluding carboxylic acids is 2. The van der Waals surface area contributed by atoms with Gasteiger partial charge in [0.1, 0.15) is 0 Å². The minimum atomic E-state index is -6.67. The molecule has 0 radical (unpaired) electrons. The van der Waals surface area contributed by atoms with Gasteiger partial charge in [-0.25, -0.2) is 4.39 Å². The first-order chi connectivity index (χ1) is 18.3. The molecule has 0 fully saturated rings. The predicted octanol–water partition coefficient (Wildman–Crippen LogP) is 8.29. The van der Waals surface area contributed by atoms with Crippen molar-refractivity contribution in [2.75, 3.05) is 17.3 Å². The molecular weight excluding hydrogens is 630 g/mol. The van der Waals surface area contributed by atoms with Gasteiger partial charge in [-0.1, -0.05) is 24.3 Å². The number of anilines is 2. The van der Waals surface area contributed by atoms with Gasteiger partial charge in [-0.3, -0.25) is 9.59 Å². The van der Waals surface area contributed by atoms with E-state index in [0.717, 1.165) is 19.2 Å². The van der Waals surface area contributed by atoms with Crippen molar-refractivity contribution in [2.24, 2.45) is 0 Å². The lowest BCUT2D eigenvalue weighted by atomic mass is 9.91. The second kappa shape index (κ2) is 10.7. The molecule has 0 saturated carbocycles. The monoisotopic (exact) mass is 644 g/mol. The quantitative estimate of drug-likeness (QED) is 0.284. The first-order valence-corrected chi connectivity index (χ1v) is 11.6. The molecule has 0 spiro atoms. The third-order valence-corrected chi connectivity index (χ3v) is 6.20. The molecule has 40 heavy (non-hydrogen) atoms. The van der Waals surface area contributed by atoms with Gasteiger partial charge in [0.25, 0.3) is 11.8 Å². The molecule has 0 unspecified atom stereocenters. The van der Waals surface area contributed by atoms with E-state index < -0.39 is 63.4 Å². The van der Waals surface area contributed by atoms with Crippen molar-refractivity contribution in [3.05, 3.63) is 93.5 Å². The summed E-state index contributed by atoms with van der Waals surface area (Å²) in [4.78, 5) is 25.8. The molecule has 1 N–H and O–H groups in total. The number of amides is 2. The number of hydrogen-bond donors (Lipinski definition) is 1. The lowest BCUT2D eigenvalue weighted by Crippen LogP contribution is -2.50. The van der Waals surface area contributed by atoms with Crippen molar-refractivity contribution in [1.82, 2.24) is 0 Å². The Morgan fingerprint density at radius 3 is 1.82 bits per heavy atom. The highest BCUT2D eigenvalue weighted by molar-refractivity contribution is 9.10. The van der Waals surface area contributed by atoms with E-state index in [1.165, 1.54) is 24.3 Å². The molecule has 0 aliphatic carbocycles. The molecule has 3 aromatic carbocycles. The number of nitrogens with zero attached hydrogens (tertiary/aromatic N) is 1. The normalized spacial score (nSPS) is 12.7. The lowest BCUT2D eigenvalue weighted by molar-refractivity contribution is -0.348. The summed E-state index contributed by atoms with van der Waals surface area (Å²) in [5, 5.41) is 2.48. The van der Waals surface area contributed by atoms with Crippen molar-refractivity contribution >= 4 is 39.1 Å². The summed E-state index contributed by atoms with van der Waals surface area (Å²) in [6.45, 7) is 0. The van der Waals surface area contributed by atoms with Gasteiger partial charge in [0.2, 0.25) is 0 Å². The fourth-order valence-corrected chi connectivity index (χ4v) is 4.39. The number of halogens is 11. The summed E-state index contributed by atoms with van der Waals surface area (Å²) in [5.41, 5.74) is -11.9. The summed E-state index contributed by atoms with van der Waals surface area (Å²) >= 11 is 2.48. The van der Waals surface area contributed by atoms with E-state index in [4.69, 9.17) is 0 Å². The number of nitrogens with one attached hydrogen (secondary N) is 1. The van der Waals surface area contributed by atoms with Gasteiger partial charge in [-0.2, -0.15) is 39.5 Å². The largest absolute Gasteiger partial charge is 0.435 e. The highest BCUT2D eigenvalue weighted by atomic mass is 79.9. The zero-order valence-electron chi connectivity index (χ0n) is 19.8. The molecule has 214 valence electrons. The minimum Gasteiger partial charge on any atom is -0.322 e. The zero-order chi connectivity index (χ0) is 30.3. The standard InChI is InChI=1S/C25H15BrF10N2O2/c1-38(21(40)14-8-5-9-16(10-14)37-20(39)13-6-3-2-4-7-13)19-17(23(28,29)30)11-15(12-18(19)26)22(27,24(31,32)33)25(34,35)36/h2-12H,1H3,(H,37,39). The molecule has 4 nitrogen and oxygen atoms in total. The van der Waals surface area contributed by atoms with Crippen molar-refractivity contribution in [3.63, 3.8) is 0 Å². The van der Waals surface area contributed by atoms with Gasteiger partial charge < -0.3 is 10.2 Å². The summed E-state index contributed by atoms with van der Waals surface area (Å²) in [6.07, 6.45) is -18.9. The molecule has 3 aromatic rings. The zero-order valence-corrected chi connectivity index (χ0v) is 21.4. The Morgan fingerprint density at radius 1 is 0.750 bits per heavy atom. The van der Waals surface area contributed by atoms with Crippen LogP contribution in [0, 0.1) is 0 Å². The fraction of sp³-hybridized carbons (Fsp3) is 0.200. The number of hydrogen-bond acceptors (Lipinski definition) is 2. The summed E-state index contributed by atoms with van der Waals surface area (Å²) in [7, 11) is 0.781. The van der Waals surface area contributed by atoms with E-state index >= 15 is 0 Å². The van der Waals surface area contributed by atoms with E-state index in [0.29, 0.717) is 4.90 Å². The fourth-order valence-electron chi connectivity index (χ4n) is 3.66. The van der Waals surface area contributed by atoms with Crippen LogP contribution in [0.5, 0.6) is 0 Å². The first kappa shape index (κ1) is 30.9. The van der Waals surface area contributed by atoms with Crippen LogP contribution < -0.4 is 10.2 Å². The van der Waals surface area contributed by atoms with Crippen molar-refractivity contribution in [3.8, 4) is 0 Å². The topological polar surface area (TPSA) is 49.4 Å². The Morgan fingerprint density at radius 2 is 1.30 bits per heavy atom. The SMILES string of the molecule is CN(C(=O)c1cccc(NC(=O)c2ccccc2)c1)c1c(Br)cc(C(F)(C(F)(F)F)C(F)(F)F)cc1C(F)(F)F. The average molecular weight is 645 g/mol. The minimum absolute atomic E-state index is 0.0520. The van der Waals surface area contributed by atoms with Crippen LogP contribution in [-0.4, -0.2) is 31.2 Å². The van der Waals surface area contributed by atoms with E-state index in [9.17, 15) is 53.5 Å². The highest BCUT2D eigenvalue weighted by Gasteiger charge is 2.73. The first-order valence-electron chi connectivity index (χ1n) is 10.8. The van der Waals surface area contributed by atoms with E-state index in [1.807, 2.05) is 0 Å². The third kappa shape index (κ3) is 5.93. The maximum Gasteiger partial charge on any atom is 0.435 e. The van der Waals surface area contributed by atoms with Gasteiger partial charge in [0.15, 0.2) is 0 Å². The summed E-state index contributed by atoms with van der Waals surface area (Å²) in [6, 6.07) is 11.9. The molecule has 0 atom stereocenters. The molecule has 0 saturated heterocycles. The number of alkyl halides is 10. The van der Waals surface area contributed by atoms with Crippen LogP contribution in [0.2, 0.25) is 0 Å². The maximum atomic E-state index is 14.6. The summed E-state index contributed by atoms with van der Waals surface area (Å²) < 4.78 is 134. The third-order valence-electron chi connectivity index (χ3n) is 5.59. The second-order valence-corrected chi connectivity index (χ2v) is 9.13. The smallest absolute Gasteiger partial charge is 0.322 e. The van der Waals surface area contributed by atoms with Gasteiger partial charge in [0.05, 0.1) is 11.3 Å². The Hall–Kier alpha value is -3.62. The van der Waals surface area contributed by atoms with Crippen LogP contribution in [0.1, 0.15) is 31.8 Å². The van der Waals surface area contributed by atoms with Crippen LogP contribution in [0.4, 0.5) is 55.3 Å². The van der Waals surface area contributed by atoms with Crippen molar-refractivity contribution in [2.45, 2.75) is 24.2 Å². The van der Waals surface area contributed by atoms with E-state index in [1.54, 1.807) is 18.2 Å². The molecule has 15 heteroatoms. The predicted molar refractivity (Wildman–Crippen MR) is 128 cm³/mol. The average Bonchev–Trinajstić information content (AvgIpc) is 2.85. The summed E-state index contributed by atoms with van der Waals surface area (Å²) in [5.74, 6) is -1.77. The second-order valence-electron chi connectivity index (χ2n) is 8.27. The van der Waals surface area contributed by atoms with Crippen LogP contribution in [-0.2, 0) is 11.8 Å². The van der Waals surface area contributed by atoms with Gasteiger partial charge in [0, 0.05) is 33.9 Å². The highest BCUT2D eigenvalue weighted by Crippen LogP contribution is 2.55. The molecular formula is C25H15BrF10N2O2. The van der Waals surface area contributed by atoms with E-state index in [2.05, 4.69) is 21.2 Å². The van der Waals surface area contributed by atoms with Crippen LogP contribution >= 0.6 is 15.9 Å². The Labute approximate surface area is 227 Å². The van der Waals surface area contributed by atoms with Crippen molar-refractivity contribution in [1.29, 1.82) is 0 Å². The number of carbonyl (C=O) groups is 2. The van der Waals surface area contributed by atoms with Crippen LogP contribution in [0.25, 0.3) is 0 Å². The maximum absolute atomic E-state index is 14.6. The van der Waals surface area contributed by atoms with Crippen LogP contribution in [0.15, 0.2) is 71.2 Å². The lowest BCUT2D eigenvalue weighted by Gasteiger charge is -2.32.